The van der Waals surface area contributed by atoms with Gasteiger partial charge in [-0.05, 0) is 43.7 Å². The highest BCUT2D eigenvalue weighted by atomic mass is 16.5. The minimum absolute atomic E-state index is 0.131. The van der Waals surface area contributed by atoms with Gasteiger partial charge in [0.25, 0.3) is 5.91 Å². The lowest BCUT2D eigenvalue weighted by Gasteiger charge is -2.26. The molecule has 1 amide bonds. The Hall–Kier alpha value is -4.17. The molecule has 1 aliphatic rings. The highest BCUT2D eigenvalue weighted by Gasteiger charge is 2.22. The van der Waals surface area contributed by atoms with Crippen LogP contribution in [0.2, 0.25) is 0 Å². The number of rotatable bonds is 4. The van der Waals surface area contributed by atoms with Gasteiger partial charge in [0.2, 0.25) is 5.88 Å². The Labute approximate surface area is 223 Å². The first-order valence-corrected chi connectivity index (χ1v) is 12.9. The molecule has 0 saturated heterocycles. The molecule has 2 aromatic heterocycles. The minimum Gasteiger partial charge on any atom is -0.488 e. The number of fused-ring (bicyclic) bond motifs is 2. The lowest BCUT2D eigenvalue weighted by molar-refractivity contribution is 0.0770. The molecule has 0 spiro atoms. The van der Waals surface area contributed by atoms with Crippen LogP contribution in [0.4, 0.5) is 0 Å². The number of nitrogens with zero attached hydrogens (tertiary/aromatic N) is 5. The largest absolute Gasteiger partial charge is 0.488 e. The van der Waals surface area contributed by atoms with Gasteiger partial charge in [-0.15, -0.1) is 0 Å². The molecule has 0 fully saturated rings. The van der Waals surface area contributed by atoms with E-state index in [0.29, 0.717) is 49.8 Å². The fraction of sp³-hybridized carbons (Fsp3) is 0.300. The Morgan fingerprint density at radius 1 is 0.868 bits per heavy atom. The number of pyridine rings is 1. The second-order valence-corrected chi connectivity index (χ2v) is 9.55. The molecule has 4 aromatic rings. The fourth-order valence-electron chi connectivity index (χ4n) is 4.64. The van der Waals surface area contributed by atoms with Crippen molar-refractivity contribution in [3.63, 3.8) is 0 Å². The summed E-state index contributed by atoms with van der Waals surface area (Å²) < 4.78 is 14.3. The zero-order chi connectivity index (χ0) is 26.5. The Bertz CT molecular complexity index is 1400. The van der Waals surface area contributed by atoms with Crippen LogP contribution in [-0.4, -0.2) is 63.8 Å². The van der Waals surface area contributed by atoms with Crippen LogP contribution in [-0.2, 0) is 13.1 Å². The smallest absolute Gasteiger partial charge is 0.259 e. The summed E-state index contributed by atoms with van der Waals surface area (Å²) in [5.41, 5.74) is 5.02. The predicted octanol–water partition coefficient (Wildman–Crippen LogP) is 4.70. The van der Waals surface area contributed by atoms with Gasteiger partial charge in [-0.1, -0.05) is 42.5 Å². The summed E-state index contributed by atoms with van der Waals surface area (Å²) >= 11 is 0. The van der Waals surface area contributed by atoms with E-state index < -0.39 is 0 Å². The Morgan fingerprint density at radius 3 is 2.45 bits per heavy atom. The van der Waals surface area contributed by atoms with Gasteiger partial charge in [-0.25, -0.2) is 4.98 Å². The van der Waals surface area contributed by atoms with Gasteiger partial charge < -0.3 is 14.4 Å². The van der Waals surface area contributed by atoms with Crippen molar-refractivity contribution in [2.24, 2.45) is 0 Å². The van der Waals surface area contributed by atoms with Crippen LogP contribution in [0, 0.1) is 13.8 Å². The van der Waals surface area contributed by atoms with Crippen molar-refractivity contribution in [1.29, 1.82) is 0 Å². The van der Waals surface area contributed by atoms with Crippen LogP contribution in [0.25, 0.3) is 0 Å². The lowest BCUT2D eigenvalue weighted by atomic mass is 10.1. The van der Waals surface area contributed by atoms with E-state index in [1.54, 1.807) is 23.2 Å². The third-order valence-electron chi connectivity index (χ3n) is 6.91. The van der Waals surface area contributed by atoms with E-state index in [1.165, 1.54) is 11.1 Å². The minimum atomic E-state index is -0.131. The summed E-state index contributed by atoms with van der Waals surface area (Å²) in [5.74, 6) is 1.29. The van der Waals surface area contributed by atoms with Crippen molar-refractivity contribution in [2.45, 2.75) is 26.9 Å². The molecular weight excluding hydrogens is 478 g/mol. The first-order valence-electron chi connectivity index (χ1n) is 12.9. The molecule has 38 heavy (non-hydrogen) atoms. The molecule has 5 rings (SSSR count). The number of hydrogen-bond donors (Lipinski definition) is 0. The van der Waals surface area contributed by atoms with Crippen LogP contribution in [0.3, 0.4) is 0 Å². The molecule has 0 atom stereocenters. The molecular formula is C30H33N5O3. The highest BCUT2D eigenvalue weighted by Crippen LogP contribution is 2.32. The second-order valence-electron chi connectivity index (χ2n) is 9.55. The van der Waals surface area contributed by atoms with Gasteiger partial charge in [0, 0.05) is 50.7 Å². The van der Waals surface area contributed by atoms with Crippen molar-refractivity contribution in [1.82, 2.24) is 24.6 Å². The average molecular weight is 512 g/mol. The van der Waals surface area contributed by atoms with E-state index in [2.05, 4.69) is 52.7 Å². The molecule has 0 saturated carbocycles. The average Bonchev–Trinajstić information content (AvgIpc) is 3.19. The molecule has 0 bridgehead atoms. The molecule has 8 nitrogen and oxygen atoms in total. The SMILES string of the molecule is Cc1nn(Cc2ccccc2)c(C)c1CN1CCOc2ccccc2Oc2ncccc2C(=O)N(C)CC1. The van der Waals surface area contributed by atoms with Crippen molar-refractivity contribution in [3.05, 3.63) is 101 Å². The van der Waals surface area contributed by atoms with Crippen LogP contribution in [0.15, 0.2) is 72.9 Å². The number of carbonyl (C=O) groups excluding carboxylic acids is 1. The number of aryl methyl sites for hydroxylation is 1. The summed E-state index contributed by atoms with van der Waals surface area (Å²) in [6.45, 7) is 8.04. The van der Waals surface area contributed by atoms with Crippen LogP contribution in [0.1, 0.15) is 32.9 Å². The van der Waals surface area contributed by atoms with Gasteiger partial charge in [-0.2, -0.15) is 5.10 Å². The van der Waals surface area contributed by atoms with E-state index in [1.807, 2.05) is 37.4 Å². The molecule has 0 unspecified atom stereocenters. The standard InChI is InChI=1S/C30H33N5O3/c1-22-26(23(2)35(32-22)20-24-10-5-4-6-11-24)21-34-17-16-33(3)30(36)25-12-9-15-31-29(25)38-28-14-8-7-13-27(28)37-19-18-34/h4-15H,16-21H2,1-3H3. The van der Waals surface area contributed by atoms with Crippen LogP contribution >= 0.6 is 0 Å². The molecule has 0 aliphatic carbocycles. The van der Waals surface area contributed by atoms with E-state index in [0.717, 1.165) is 17.9 Å². The Kier molecular flexibility index (Phi) is 7.70. The first-order chi connectivity index (χ1) is 18.5. The van der Waals surface area contributed by atoms with Crippen molar-refractivity contribution >= 4 is 5.91 Å². The normalized spacial score (nSPS) is 14.8. The number of benzene rings is 2. The second kappa shape index (κ2) is 11.5. The van der Waals surface area contributed by atoms with E-state index in [-0.39, 0.29) is 11.8 Å². The maximum absolute atomic E-state index is 13.3. The number of carbonyl (C=O) groups is 1. The zero-order valence-electron chi connectivity index (χ0n) is 22.1. The maximum atomic E-state index is 13.3. The van der Waals surface area contributed by atoms with Gasteiger partial charge in [0.05, 0.1) is 12.2 Å². The summed E-state index contributed by atoms with van der Waals surface area (Å²) in [4.78, 5) is 21.7. The van der Waals surface area contributed by atoms with E-state index in [4.69, 9.17) is 14.6 Å². The van der Waals surface area contributed by atoms with Crippen molar-refractivity contribution in [3.8, 4) is 17.4 Å². The van der Waals surface area contributed by atoms with Crippen LogP contribution < -0.4 is 9.47 Å². The summed E-state index contributed by atoms with van der Waals surface area (Å²) in [6.07, 6.45) is 1.62. The van der Waals surface area contributed by atoms with Gasteiger partial charge >= 0.3 is 0 Å². The highest BCUT2D eigenvalue weighted by molar-refractivity contribution is 5.96. The molecule has 196 valence electrons. The summed E-state index contributed by atoms with van der Waals surface area (Å²) in [5, 5.41) is 4.84. The van der Waals surface area contributed by atoms with Gasteiger partial charge in [0.1, 0.15) is 12.2 Å². The predicted molar refractivity (Wildman–Crippen MR) is 146 cm³/mol. The number of para-hydroxylation sites is 2. The third kappa shape index (κ3) is 5.70. The van der Waals surface area contributed by atoms with Crippen molar-refractivity contribution in [2.75, 3.05) is 33.3 Å². The van der Waals surface area contributed by atoms with Crippen LogP contribution in [0.5, 0.6) is 17.4 Å². The Morgan fingerprint density at radius 2 is 1.63 bits per heavy atom. The Balaban J connectivity index is 1.39. The first kappa shape index (κ1) is 25.5. The number of amides is 1. The van der Waals surface area contributed by atoms with Gasteiger partial charge in [0.15, 0.2) is 11.5 Å². The fourth-order valence-corrected chi connectivity index (χ4v) is 4.64. The topological polar surface area (TPSA) is 72.7 Å². The molecule has 2 aromatic carbocycles. The molecule has 0 N–H and O–H groups in total. The lowest BCUT2D eigenvalue weighted by Crippen LogP contribution is -2.38. The quantitative estimate of drug-likeness (QED) is 0.395. The summed E-state index contributed by atoms with van der Waals surface area (Å²) in [7, 11) is 1.82. The third-order valence-corrected chi connectivity index (χ3v) is 6.91. The van der Waals surface area contributed by atoms with Gasteiger partial charge in [-0.3, -0.25) is 14.4 Å². The number of ether oxygens (including phenoxy) is 2. The zero-order valence-corrected chi connectivity index (χ0v) is 22.1. The van der Waals surface area contributed by atoms with E-state index in [9.17, 15) is 4.79 Å². The molecule has 3 heterocycles. The number of aromatic nitrogens is 3. The molecule has 0 radical (unpaired) electrons. The summed E-state index contributed by atoms with van der Waals surface area (Å²) in [6, 6.07) is 21.3. The molecule has 1 aliphatic heterocycles. The number of hydrogen-bond acceptors (Lipinski definition) is 6. The monoisotopic (exact) mass is 511 g/mol. The van der Waals surface area contributed by atoms with E-state index >= 15 is 0 Å². The number of likely N-dealkylation sites (N-methyl/N-ethyl adjacent to an activating group) is 1. The maximum Gasteiger partial charge on any atom is 0.259 e. The van der Waals surface area contributed by atoms with Crippen molar-refractivity contribution < 1.29 is 14.3 Å². The molecule has 8 heteroatoms.